The van der Waals surface area contributed by atoms with Crippen molar-refractivity contribution in [1.82, 2.24) is 15.3 Å². The molecule has 0 radical (unpaired) electrons. The molecule has 49 heavy (non-hydrogen) atoms. The van der Waals surface area contributed by atoms with Crippen molar-refractivity contribution in [3.05, 3.63) is 90.1 Å². The summed E-state index contributed by atoms with van der Waals surface area (Å²) in [6.45, 7) is 5.15. The molecule has 1 aliphatic carbocycles. The number of anilines is 4. The summed E-state index contributed by atoms with van der Waals surface area (Å²) >= 11 is 0. The fourth-order valence-electron chi connectivity index (χ4n) is 5.04. The fraction of sp³-hybridized carbons (Fsp3) is 0.294. The zero-order chi connectivity index (χ0) is 35.3. The van der Waals surface area contributed by atoms with Crippen LogP contribution in [-0.4, -0.2) is 49.9 Å². The quantitative estimate of drug-likeness (QED) is 0.0970. The Labute approximate surface area is 283 Å². The molecule has 4 aromatic rings. The maximum atomic E-state index is 13.3. The van der Waals surface area contributed by atoms with E-state index in [1.54, 1.807) is 81.6 Å². The average Bonchev–Trinajstić information content (AvgIpc) is 3.87. The zero-order valence-electron chi connectivity index (χ0n) is 26.9. The molecule has 1 heterocycles. The van der Waals surface area contributed by atoms with Gasteiger partial charge < -0.3 is 26.4 Å². The van der Waals surface area contributed by atoms with Crippen LogP contribution in [-0.2, 0) is 27.0 Å². The Balaban J connectivity index is 1.33. The van der Waals surface area contributed by atoms with E-state index < -0.39 is 33.8 Å². The number of urea groups is 1. The van der Waals surface area contributed by atoms with E-state index in [1.807, 2.05) is 0 Å². The van der Waals surface area contributed by atoms with Crippen LogP contribution in [0.25, 0.3) is 11.1 Å². The van der Waals surface area contributed by atoms with E-state index in [9.17, 15) is 32.1 Å². The number of aliphatic hydroxyl groups is 1. The molecule has 2 atom stereocenters. The SMILES string of the molecule is CC(C)NC(=O)/N=[SH](=O)\c1cccc(Nc2ncc(-c3ccc(NC(=O)C4(c5cccc(C(F)(F)F)c5)CC4)cc3)c(NC(C)CO)n2)c1. The van der Waals surface area contributed by atoms with Crippen molar-refractivity contribution in [2.45, 2.75) is 62.2 Å². The van der Waals surface area contributed by atoms with Gasteiger partial charge in [-0.15, -0.1) is 4.36 Å². The average molecular weight is 696 g/mol. The molecule has 2 unspecified atom stereocenters. The Hall–Kier alpha value is -5.02. The number of carbonyl (C=O) groups is 2. The van der Waals surface area contributed by atoms with Crippen molar-refractivity contribution < 1.29 is 32.1 Å². The molecule has 3 amide bonds. The van der Waals surface area contributed by atoms with E-state index >= 15 is 0 Å². The Kier molecular flexibility index (Phi) is 10.5. The Morgan fingerprint density at radius 1 is 1.00 bits per heavy atom. The summed E-state index contributed by atoms with van der Waals surface area (Å²) in [5.74, 6) is 0.227. The van der Waals surface area contributed by atoms with Crippen molar-refractivity contribution in [2.24, 2.45) is 4.36 Å². The summed E-state index contributed by atoms with van der Waals surface area (Å²) < 4.78 is 56.2. The highest BCUT2D eigenvalue weighted by molar-refractivity contribution is 7.75. The number of rotatable bonds is 11. The summed E-state index contributed by atoms with van der Waals surface area (Å²) in [4.78, 5) is 34.6. The van der Waals surface area contributed by atoms with E-state index in [2.05, 4.69) is 35.6 Å². The maximum Gasteiger partial charge on any atom is 0.416 e. The molecular formula is C34H36F3N7O4S. The maximum absolute atomic E-state index is 13.3. The molecule has 5 N–H and O–H groups in total. The number of aromatic nitrogens is 2. The highest BCUT2D eigenvalue weighted by atomic mass is 32.2. The molecule has 15 heteroatoms. The monoisotopic (exact) mass is 695 g/mol. The lowest BCUT2D eigenvalue weighted by Crippen LogP contribution is -2.28. The van der Waals surface area contributed by atoms with Crippen molar-refractivity contribution in [3.8, 4) is 11.1 Å². The van der Waals surface area contributed by atoms with E-state index in [0.717, 1.165) is 12.1 Å². The Morgan fingerprint density at radius 2 is 1.71 bits per heavy atom. The minimum absolute atomic E-state index is 0.149. The lowest BCUT2D eigenvalue weighted by molar-refractivity contribution is -0.137. The number of nitrogens with zero attached hydrogens (tertiary/aromatic N) is 3. The molecule has 5 rings (SSSR count). The van der Waals surface area contributed by atoms with Crippen LogP contribution < -0.4 is 21.3 Å². The summed E-state index contributed by atoms with van der Waals surface area (Å²) in [7, 11) is -2.35. The molecule has 258 valence electrons. The van der Waals surface area contributed by atoms with E-state index in [1.165, 1.54) is 6.07 Å². The molecule has 1 fully saturated rings. The van der Waals surface area contributed by atoms with Crippen LogP contribution in [0.3, 0.4) is 0 Å². The van der Waals surface area contributed by atoms with E-state index in [-0.39, 0.29) is 30.5 Å². The van der Waals surface area contributed by atoms with Crippen LogP contribution in [0.5, 0.6) is 0 Å². The number of nitrogens with one attached hydrogen (secondary N) is 4. The van der Waals surface area contributed by atoms with Gasteiger partial charge in [0.2, 0.25) is 11.9 Å². The van der Waals surface area contributed by atoms with Crippen LogP contribution >= 0.6 is 0 Å². The minimum Gasteiger partial charge on any atom is -0.394 e. The Morgan fingerprint density at radius 3 is 2.37 bits per heavy atom. The van der Waals surface area contributed by atoms with Crippen LogP contribution in [0.15, 0.2) is 88.3 Å². The molecule has 1 aliphatic rings. The molecule has 1 aromatic heterocycles. The number of alkyl halides is 3. The third kappa shape index (κ3) is 8.72. The van der Waals surface area contributed by atoms with Gasteiger partial charge in [0.25, 0.3) is 0 Å². The second-order valence-corrected chi connectivity index (χ2v) is 13.3. The van der Waals surface area contributed by atoms with Crippen LogP contribution in [0.2, 0.25) is 0 Å². The predicted octanol–water partition coefficient (Wildman–Crippen LogP) is 6.51. The van der Waals surface area contributed by atoms with Crippen LogP contribution in [0.4, 0.5) is 41.1 Å². The molecule has 0 spiro atoms. The normalized spacial score (nSPS) is 14.9. The number of hydrogen-bond acceptors (Lipinski definition) is 8. The van der Waals surface area contributed by atoms with Gasteiger partial charge in [0.15, 0.2) is 0 Å². The van der Waals surface area contributed by atoms with Crippen molar-refractivity contribution in [1.29, 1.82) is 0 Å². The molecule has 11 nitrogen and oxygen atoms in total. The third-order valence-corrected chi connectivity index (χ3v) is 8.83. The minimum atomic E-state index is -4.50. The van der Waals surface area contributed by atoms with Gasteiger partial charge in [-0.1, -0.05) is 36.4 Å². The summed E-state index contributed by atoms with van der Waals surface area (Å²) in [5, 5.41) is 21.3. The lowest BCUT2D eigenvalue weighted by Gasteiger charge is -2.18. The molecule has 0 bridgehead atoms. The molecule has 0 aliphatic heterocycles. The van der Waals surface area contributed by atoms with Gasteiger partial charge in [-0.05, 0) is 81.1 Å². The van der Waals surface area contributed by atoms with Gasteiger partial charge in [0, 0.05) is 40.1 Å². The summed E-state index contributed by atoms with van der Waals surface area (Å²) in [6.07, 6.45) is -2.03. The van der Waals surface area contributed by atoms with Gasteiger partial charge in [0.1, 0.15) is 5.82 Å². The molecular weight excluding hydrogens is 659 g/mol. The second kappa shape index (κ2) is 14.6. The number of benzene rings is 3. The van der Waals surface area contributed by atoms with Crippen molar-refractivity contribution >= 4 is 45.7 Å². The first-order valence-electron chi connectivity index (χ1n) is 15.5. The first kappa shape index (κ1) is 35.3. The van der Waals surface area contributed by atoms with Gasteiger partial charge in [-0.25, -0.2) is 14.0 Å². The number of amides is 3. The summed E-state index contributed by atoms with van der Waals surface area (Å²) in [5.41, 5.74) is 0.792. The zero-order valence-corrected chi connectivity index (χ0v) is 27.8. The first-order valence-corrected chi connectivity index (χ1v) is 16.7. The highest BCUT2D eigenvalue weighted by Gasteiger charge is 2.51. The van der Waals surface area contributed by atoms with E-state index in [0.29, 0.717) is 51.6 Å². The standard InChI is InChI=1S/C34H36F3N7O4S/c1-20(2)39-32(47)44-49(48)27-9-5-8-26(17-27)42-31-38-18-28(29(43-31)40-21(3)19-45)22-10-12-25(13-11-22)41-30(46)33(14-15-33)23-6-4-7-24(16-23)34(35,36)37/h4-13,16-18,20-21,45,49H,14-15,19H2,1-3H3,(H,39,47)(H,41,46)(H2,38,40,42,43). The smallest absolute Gasteiger partial charge is 0.394 e. The van der Waals surface area contributed by atoms with Gasteiger partial charge in [0.05, 0.1) is 28.2 Å². The largest absolute Gasteiger partial charge is 0.416 e. The van der Waals surface area contributed by atoms with Gasteiger partial charge in [-0.2, -0.15) is 18.2 Å². The number of carbonyl (C=O) groups excluding carboxylic acids is 2. The molecule has 1 saturated carbocycles. The van der Waals surface area contributed by atoms with E-state index in [4.69, 9.17) is 0 Å². The first-order chi connectivity index (χ1) is 23.3. The summed E-state index contributed by atoms with van der Waals surface area (Å²) in [6, 6.07) is 17.1. The predicted molar refractivity (Wildman–Crippen MR) is 182 cm³/mol. The number of thiol groups is 1. The number of aliphatic hydroxyl groups excluding tert-OH is 1. The number of halogens is 3. The van der Waals surface area contributed by atoms with Crippen LogP contribution in [0, 0.1) is 0 Å². The lowest BCUT2D eigenvalue weighted by atomic mass is 9.93. The topological polar surface area (TPSA) is 158 Å². The second-order valence-electron chi connectivity index (χ2n) is 12.0. The van der Waals surface area contributed by atoms with Crippen molar-refractivity contribution in [3.63, 3.8) is 0 Å². The van der Waals surface area contributed by atoms with Crippen LogP contribution in [0.1, 0.15) is 44.7 Å². The fourth-order valence-corrected chi connectivity index (χ4v) is 5.84. The van der Waals surface area contributed by atoms with Gasteiger partial charge in [-0.3, -0.25) is 4.79 Å². The highest BCUT2D eigenvalue weighted by Crippen LogP contribution is 2.50. The van der Waals surface area contributed by atoms with Crippen molar-refractivity contribution in [2.75, 3.05) is 22.6 Å². The number of hydrogen-bond donors (Lipinski definition) is 6. The molecule has 0 saturated heterocycles. The third-order valence-electron chi connectivity index (χ3n) is 7.74. The molecule has 3 aromatic carbocycles. The van der Waals surface area contributed by atoms with Gasteiger partial charge >= 0.3 is 12.2 Å². The Bertz CT molecular complexity index is 1930.